The van der Waals surface area contributed by atoms with E-state index in [-0.39, 0.29) is 0 Å². The van der Waals surface area contributed by atoms with Crippen LogP contribution in [0.4, 0.5) is 0 Å². The molecule has 1 heterocycles. The summed E-state index contributed by atoms with van der Waals surface area (Å²) >= 11 is 0. The molecule has 0 saturated carbocycles. The second-order valence-electron chi connectivity index (χ2n) is 4.16. The fraction of sp³-hybridized carbons (Fsp3) is 0.462. The third-order valence-corrected chi connectivity index (χ3v) is 3.11. The first-order chi connectivity index (χ1) is 7.77. The Hall–Kier alpha value is -1.35. The van der Waals surface area contributed by atoms with E-state index in [2.05, 4.69) is 41.6 Å². The molecule has 0 aliphatic carbocycles. The topological polar surface area (TPSA) is 43.8 Å². The van der Waals surface area contributed by atoms with E-state index in [9.17, 15) is 0 Å². The Labute approximate surface area is 96.3 Å². The van der Waals surface area contributed by atoms with Gasteiger partial charge in [-0.1, -0.05) is 19.1 Å². The predicted molar refractivity (Wildman–Crippen MR) is 67.5 cm³/mol. The molecule has 2 aromatic rings. The number of aryl methyl sites for hydroxylation is 1. The molecule has 86 valence electrons. The van der Waals surface area contributed by atoms with Gasteiger partial charge in [0.05, 0.1) is 11.0 Å². The Morgan fingerprint density at radius 2 is 2.12 bits per heavy atom. The van der Waals surface area contributed by atoms with Crippen molar-refractivity contribution in [2.45, 2.75) is 32.7 Å². The van der Waals surface area contributed by atoms with Crippen LogP contribution in [0.1, 0.15) is 31.6 Å². The zero-order valence-corrected chi connectivity index (χ0v) is 9.98. The first kappa shape index (κ1) is 11.1. The first-order valence-corrected chi connectivity index (χ1v) is 5.91. The van der Waals surface area contributed by atoms with Gasteiger partial charge in [0, 0.05) is 6.04 Å². The summed E-state index contributed by atoms with van der Waals surface area (Å²) in [5.74, 6) is 1.08. The van der Waals surface area contributed by atoms with E-state index in [4.69, 9.17) is 5.73 Å². The minimum atomic E-state index is 0.470. The van der Waals surface area contributed by atoms with Crippen molar-refractivity contribution >= 4 is 11.0 Å². The Morgan fingerprint density at radius 3 is 2.81 bits per heavy atom. The van der Waals surface area contributed by atoms with Crippen molar-refractivity contribution in [3.05, 3.63) is 30.1 Å². The van der Waals surface area contributed by atoms with Crippen LogP contribution < -0.4 is 5.73 Å². The number of imidazole rings is 1. The molecule has 3 heteroatoms. The fourth-order valence-corrected chi connectivity index (χ4v) is 2.33. The minimum Gasteiger partial charge on any atom is -0.330 e. The maximum atomic E-state index is 5.67. The number of rotatable bonds is 4. The second kappa shape index (κ2) is 4.66. The van der Waals surface area contributed by atoms with Crippen LogP contribution in [0, 0.1) is 6.92 Å². The molecule has 2 N–H and O–H groups in total. The van der Waals surface area contributed by atoms with E-state index in [0.717, 1.165) is 30.7 Å². The number of nitrogens with zero attached hydrogens (tertiary/aromatic N) is 2. The van der Waals surface area contributed by atoms with Crippen molar-refractivity contribution in [2.75, 3.05) is 6.54 Å². The molecule has 1 aromatic carbocycles. The summed E-state index contributed by atoms with van der Waals surface area (Å²) in [5.41, 5.74) is 7.97. The lowest BCUT2D eigenvalue weighted by Gasteiger charge is -2.18. The number of hydrogen-bond acceptors (Lipinski definition) is 2. The summed E-state index contributed by atoms with van der Waals surface area (Å²) in [6.45, 7) is 5.00. The van der Waals surface area contributed by atoms with Crippen molar-refractivity contribution in [3.63, 3.8) is 0 Å². The van der Waals surface area contributed by atoms with Crippen LogP contribution in [-0.2, 0) is 0 Å². The maximum Gasteiger partial charge on any atom is 0.106 e. The highest BCUT2D eigenvalue weighted by molar-refractivity contribution is 5.76. The molecule has 3 nitrogen and oxygen atoms in total. The van der Waals surface area contributed by atoms with Gasteiger partial charge in [-0.25, -0.2) is 4.98 Å². The lowest BCUT2D eigenvalue weighted by atomic mass is 10.1. The van der Waals surface area contributed by atoms with E-state index in [1.807, 2.05) is 6.07 Å². The molecule has 0 radical (unpaired) electrons. The summed E-state index contributed by atoms with van der Waals surface area (Å²) in [4.78, 5) is 4.59. The normalized spacial score (nSPS) is 13.2. The SMILES string of the molecule is CCC(CCN)n1c(C)nc2ccccc21. The number of para-hydroxylation sites is 2. The molecule has 0 aliphatic rings. The number of benzene rings is 1. The molecule has 0 bridgehead atoms. The van der Waals surface area contributed by atoms with Crippen LogP contribution in [0.5, 0.6) is 0 Å². The molecule has 1 atom stereocenters. The zero-order valence-electron chi connectivity index (χ0n) is 9.98. The summed E-state index contributed by atoms with van der Waals surface area (Å²) in [6, 6.07) is 8.76. The molecular weight excluding hydrogens is 198 g/mol. The quantitative estimate of drug-likeness (QED) is 0.855. The van der Waals surface area contributed by atoms with Gasteiger partial charge in [-0.15, -0.1) is 0 Å². The number of hydrogen-bond donors (Lipinski definition) is 1. The van der Waals surface area contributed by atoms with Gasteiger partial charge in [0.25, 0.3) is 0 Å². The monoisotopic (exact) mass is 217 g/mol. The summed E-state index contributed by atoms with van der Waals surface area (Å²) in [5, 5.41) is 0. The van der Waals surface area contributed by atoms with E-state index in [0.29, 0.717) is 6.04 Å². The average molecular weight is 217 g/mol. The molecule has 1 aromatic heterocycles. The Balaban J connectivity index is 2.53. The molecule has 2 rings (SSSR count). The van der Waals surface area contributed by atoms with Crippen LogP contribution in [0.15, 0.2) is 24.3 Å². The molecule has 0 spiro atoms. The second-order valence-corrected chi connectivity index (χ2v) is 4.16. The predicted octanol–water partition coefficient (Wildman–Crippen LogP) is 2.64. The van der Waals surface area contributed by atoms with Gasteiger partial charge in [0.15, 0.2) is 0 Å². The molecule has 0 fully saturated rings. The van der Waals surface area contributed by atoms with Crippen LogP contribution in [0.2, 0.25) is 0 Å². The molecule has 16 heavy (non-hydrogen) atoms. The van der Waals surface area contributed by atoms with Crippen LogP contribution >= 0.6 is 0 Å². The van der Waals surface area contributed by atoms with E-state index in [1.165, 1.54) is 5.52 Å². The number of aromatic nitrogens is 2. The Bertz CT molecular complexity index is 473. The van der Waals surface area contributed by atoms with Gasteiger partial charge in [-0.05, 0) is 38.4 Å². The Kier molecular flexibility index (Phi) is 3.25. The van der Waals surface area contributed by atoms with Gasteiger partial charge in [0.2, 0.25) is 0 Å². The largest absolute Gasteiger partial charge is 0.330 e. The third kappa shape index (κ3) is 1.83. The number of nitrogens with two attached hydrogens (primary N) is 1. The summed E-state index contributed by atoms with van der Waals surface area (Å²) in [6.07, 6.45) is 2.11. The van der Waals surface area contributed by atoms with Crippen molar-refractivity contribution in [2.24, 2.45) is 5.73 Å². The van der Waals surface area contributed by atoms with Crippen LogP contribution in [0.3, 0.4) is 0 Å². The lowest BCUT2D eigenvalue weighted by molar-refractivity contribution is 0.460. The highest BCUT2D eigenvalue weighted by atomic mass is 15.1. The Morgan fingerprint density at radius 1 is 1.38 bits per heavy atom. The van der Waals surface area contributed by atoms with Gasteiger partial charge >= 0.3 is 0 Å². The molecule has 0 saturated heterocycles. The van der Waals surface area contributed by atoms with Gasteiger partial charge in [-0.3, -0.25) is 0 Å². The highest BCUT2D eigenvalue weighted by Crippen LogP contribution is 2.24. The smallest absolute Gasteiger partial charge is 0.106 e. The number of fused-ring (bicyclic) bond motifs is 1. The maximum absolute atomic E-state index is 5.67. The average Bonchev–Trinajstić information content (AvgIpc) is 2.62. The highest BCUT2D eigenvalue weighted by Gasteiger charge is 2.14. The summed E-state index contributed by atoms with van der Waals surface area (Å²) < 4.78 is 2.32. The fourth-order valence-electron chi connectivity index (χ4n) is 2.33. The van der Waals surface area contributed by atoms with E-state index < -0.39 is 0 Å². The molecule has 0 aliphatic heterocycles. The van der Waals surface area contributed by atoms with Gasteiger partial charge < -0.3 is 10.3 Å². The lowest BCUT2D eigenvalue weighted by Crippen LogP contribution is -2.14. The van der Waals surface area contributed by atoms with Crippen LogP contribution in [-0.4, -0.2) is 16.1 Å². The van der Waals surface area contributed by atoms with Crippen molar-refractivity contribution in [1.29, 1.82) is 0 Å². The minimum absolute atomic E-state index is 0.470. The van der Waals surface area contributed by atoms with E-state index >= 15 is 0 Å². The summed E-state index contributed by atoms with van der Waals surface area (Å²) in [7, 11) is 0. The van der Waals surface area contributed by atoms with Gasteiger partial charge in [-0.2, -0.15) is 0 Å². The third-order valence-electron chi connectivity index (χ3n) is 3.11. The van der Waals surface area contributed by atoms with Crippen LogP contribution in [0.25, 0.3) is 11.0 Å². The van der Waals surface area contributed by atoms with Gasteiger partial charge in [0.1, 0.15) is 5.82 Å². The van der Waals surface area contributed by atoms with E-state index in [1.54, 1.807) is 0 Å². The van der Waals surface area contributed by atoms with Crippen molar-refractivity contribution in [1.82, 2.24) is 9.55 Å². The standard InChI is InChI=1S/C13H19N3/c1-3-11(8-9-14)16-10(2)15-12-6-4-5-7-13(12)16/h4-7,11H,3,8-9,14H2,1-2H3. The molecule has 0 amide bonds. The van der Waals surface area contributed by atoms with Crippen molar-refractivity contribution in [3.8, 4) is 0 Å². The molecular formula is C13H19N3. The zero-order chi connectivity index (χ0) is 11.5. The first-order valence-electron chi connectivity index (χ1n) is 5.91. The van der Waals surface area contributed by atoms with Crippen molar-refractivity contribution < 1.29 is 0 Å². The molecule has 1 unspecified atom stereocenters.